The average molecular weight is 209 g/mol. The number of carbonyl (C=O) groups is 1. The lowest BCUT2D eigenvalue weighted by Crippen LogP contribution is -2.55. The highest BCUT2D eigenvalue weighted by molar-refractivity contribution is 6.06. The molecule has 1 aliphatic heterocycles. The third-order valence-electron chi connectivity index (χ3n) is 3.61. The van der Waals surface area contributed by atoms with Crippen LogP contribution in [0.25, 0.3) is 0 Å². The van der Waals surface area contributed by atoms with Crippen LogP contribution in [-0.4, -0.2) is 28.3 Å². The van der Waals surface area contributed by atoms with Crippen molar-refractivity contribution in [2.75, 3.05) is 0 Å². The van der Waals surface area contributed by atoms with E-state index in [4.69, 9.17) is 5.73 Å². The molecule has 15 heavy (non-hydrogen) atoms. The topological polar surface area (TPSA) is 58.7 Å². The molecular weight excluding hydrogens is 190 g/mol. The van der Waals surface area contributed by atoms with Crippen LogP contribution in [0.3, 0.4) is 0 Å². The van der Waals surface area contributed by atoms with Crippen LogP contribution in [0.2, 0.25) is 0 Å². The Balaban J connectivity index is 2.36. The van der Waals surface area contributed by atoms with Crippen molar-refractivity contribution in [1.29, 1.82) is 0 Å². The maximum atomic E-state index is 11.8. The highest BCUT2D eigenvalue weighted by atomic mass is 16.2. The number of rotatable bonds is 1. The zero-order chi connectivity index (χ0) is 11.2. The van der Waals surface area contributed by atoms with Gasteiger partial charge in [-0.15, -0.1) is 0 Å². The molecule has 0 saturated heterocycles. The van der Waals surface area contributed by atoms with E-state index >= 15 is 0 Å². The monoisotopic (exact) mass is 209 g/mol. The highest BCUT2D eigenvalue weighted by Crippen LogP contribution is 2.43. The van der Waals surface area contributed by atoms with Crippen LogP contribution in [0.15, 0.2) is 4.99 Å². The zero-order valence-electron chi connectivity index (χ0n) is 9.66. The fourth-order valence-electron chi connectivity index (χ4n) is 3.00. The number of amidine groups is 1. The van der Waals surface area contributed by atoms with Crippen molar-refractivity contribution in [1.82, 2.24) is 4.90 Å². The summed E-state index contributed by atoms with van der Waals surface area (Å²) in [5.74, 6) is 1.16. The summed E-state index contributed by atoms with van der Waals surface area (Å²) in [6.07, 6.45) is 3.06. The highest BCUT2D eigenvalue weighted by Gasteiger charge is 2.52. The summed E-state index contributed by atoms with van der Waals surface area (Å²) in [5, 5.41) is 0. The van der Waals surface area contributed by atoms with E-state index in [1.165, 1.54) is 0 Å². The van der Waals surface area contributed by atoms with E-state index in [2.05, 4.69) is 11.9 Å². The molecule has 2 amide bonds. The molecule has 2 atom stereocenters. The van der Waals surface area contributed by atoms with E-state index in [1.54, 1.807) is 0 Å². The van der Waals surface area contributed by atoms with E-state index in [1.807, 2.05) is 18.7 Å². The second-order valence-corrected chi connectivity index (χ2v) is 5.12. The number of aliphatic imine (C=N–C) groups is 1. The number of hydrogen-bond donors (Lipinski definition) is 1. The van der Waals surface area contributed by atoms with Crippen LogP contribution >= 0.6 is 0 Å². The fraction of sp³-hybridized carbons (Fsp3) is 0.818. The molecule has 0 aromatic heterocycles. The van der Waals surface area contributed by atoms with Gasteiger partial charge in [-0.2, -0.15) is 4.99 Å². The number of carbonyl (C=O) groups excluding carboxylic acids is 1. The summed E-state index contributed by atoms with van der Waals surface area (Å²) in [5.41, 5.74) is 5.68. The quantitative estimate of drug-likeness (QED) is 0.715. The van der Waals surface area contributed by atoms with Crippen LogP contribution in [0.5, 0.6) is 0 Å². The molecule has 4 heteroatoms. The molecular formula is C11H19N3O. The maximum absolute atomic E-state index is 11.8. The second kappa shape index (κ2) is 3.22. The number of amides is 2. The zero-order valence-corrected chi connectivity index (χ0v) is 9.66. The fourth-order valence-corrected chi connectivity index (χ4v) is 3.00. The van der Waals surface area contributed by atoms with Crippen molar-refractivity contribution in [3.05, 3.63) is 0 Å². The Kier molecular flexibility index (Phi) is 2.24. The third-order valence-corrected chi connectivity index (χ3v) is 3.61. The molecule has 84 valence electrons. The van der Waals surface area contributed by atoms with Crippen LogP contribution in [0.1, 0.15) is 40.0 Å². The van der Waals surface area contributed by atoms with Gasteiger partial charge in [0.05, 0.1) is 0 Å². The van der Waals surface area contributed by atoms with Gasteiger partial charge in [-0.05, 0) is 39.0 Å². The van der Waals surface area contributed by atoms with Gasteiger partial charge in [0.2, 0.25) is 0 Å². The van der Waals surface area contributed by atoms with E-state index in [-0.39, 0.29) is 17.6 Å². The minimum absolute atomic E-state index is 0.156. The summed E-state index contributed by atoms with van der Waals surface area (Å²) in [7, 11) is 0. The Morgan fingerprint density at radius 3 is 2.73 bits per heavy atom. The first kappa shape index (κ1) is 10.5. The molecule has 0 aromatic carbocycles. The molecule has 2 rings (SSSR count). The molecule has 0 aromatic rings. The van der Waals surface area contributed by atoms with E-state index < -0.39 is 0 Å². The summed E-state index contributed by atoms with van der Waals surface area (Å²) in [6, 6.07) is 0.0178. The van der Waals surface area contributed by atoms with E-state index in [9.17, 15) is 4.79 Å². The van der Waals surface area contributed by atoms with Gasteiger partial charge in [0.1, 0.15) is 11.4 Å². The van der Waals surface area contributed by atoms with Gasteiger partial charge >= 0.3 is 6.03 Å². The number of hydrogen-bond acceptors (Lipinski definition) is 2. The Labute approximate surface area is 90.5 Å². The first-order valence-electron chi connectivity index (χ1n) is 5.65. The molecule has 1 aliphatic carbocycles. The Morgan fingerprint density at radius 2 is 2.27 bits per heavy atom. The van der Waals surface area contributed by atoms with Crippen LogP contribution in [0, 0.1) is 5.92 Å². The maximum Gasteiger partial charge on any atom is 0.346 e. The van der Waals surface area contributed by atoms with Gasteiger partial charge in [0.25, 0.3) is 0 Å². The smallest absolute Gasteiger partial charge is 0.346 e. The summed E-state index contributed by atoms with van der Waals surface area (Å²) < 4.78 is 0. The lowest BCUT2D eigenvalue weighted by molar-refractivity contribution is 0.147. The third kappa shape index (κ3) is 1.34. The molecule has 1 heterocycles. The van der Waals surface area contributed by atoms with E-state index in [0.29, 0.717) is 11.8 Å². The molecule has 4 nitrogen and oxygen atoms in total. The minimum atomic E-state index is -0.259. The molecule has 0 bridgehead atoms. The molecule has 2 unspecified atom stereocenters. The minimum Gasteiger partial charge on any atom is -0.385 e. The molecule has 1 fully saturated rings. The predicted octanol–water partition coefficient (Wildman–Crippen LogP) is 1.75. The van der Waals surface area contributed by atoms with Crippen LogP contribution in [0.4, 0.5) is 4.79 Å². The Morgan fingerprint density at radius 1 is 1.60 bits per heavy atom. The Hall–Kier alpha value is -1.06. The number of nitrogens with two attached hydrogens (primary N) is 1. The Bertz CT molecular complexity index is 324. The predicted molar refractivity (Wildman–Crippen MR) is 59.7 cm³/mol. The first-order valence-corrected chi connectivity index (χ1v) is 5.65. The summed E-state index contributed by atoms with van der Waals surface area (Å²) in [6.45, 7) is 6.26. The second-order valence-electron chi connectivity index (χ2n) is 5.12. The van der Waals surface area contributed by atoms with Crippen molar-refractivity contribution in [3.63, 3.8) is 0 Å². The van der Waals surface area contributed by atoms with Gasteiger partial charge in [-0.25, -0.2) is 4.79 Å². The standard InChI is InChI=1S/C11H19N3O/c1-7(2)14-10(15)13-9(12)11(14)5-4-8(3)6-11/h7-8H,4-6H2,1-3H3,(H2,12,13,15). The molecule has 1 spiro atoms. The van der Waals surface area contributed by atoms with Gasteiger partial charge in [-0.1, -0.05) is 6.92 Å². The summed E-state index contributed by atoms with van der Waals surface area (Å²) in [4.78, 5) is 17.6. The molecule has 2 aliphatic rings. The number of urea groups is 1. The van der Waals surface area contributed by atoms with E-state index in [0.717, 1.165) is 19.3 Å². The summed E-state index contributed by atoms with van der Waals surface area (Å²) >= 11 is 0. The van der Waals surface area contributed by atoms with Crippen LogP contribution in [-0.2, 0) is 0 Å². The van der Waals surface area contributed by atoms with Gasteiger partial charge in [0, 0.05) is 6.04 Å². The van der Waals surface area contributed by atoms with Crippen molar-refractivity contribution >= 4 is 11.9 Å². The normalized spacial score (nSPS) is 35.7. The van der Waals surface area contributed by atoms with Crippen molar-refractivity contribution in [2.24, 2.45) is 16.6 Å². The SMILES string of the molecule is CC1CCC2(C1)C(N)=NC(=O)N2C(C)C. The molecule has 0 radical (unpaired) electrons. The van der Waals surface area contributed by atoms with Gasteiger partial charge in [0.15, 0.2) is 0 Å². The number of nitrogens with zero attached hydrogens (tertiary/aromatic N) is 2. The van der Waals surface area contributed by atoms with Gasteiger partial charge in [-0.3, -0.25) is 0 Å². The van der Waals surface area contributed by atoms with Crippen molar-refractivity contribution < 1.29 is 4.79 Å². The largest absolute Gasteiger partial charge is 0.385 e. The lowest BCUT2D eigenvalue weighted by Gasteiger charge is -2.37. The molecule has 1 saturated carbocycles. The first-order chi connectivity index (χ1) is 6.97. The van der Waals surface area contributed by atoms with Gasteiger partial charge < -0.3 is 10.6 Å². The van der Waals surface area contributed by atoms with Crippen molar-refractivity contribution in [2.45, 2.75) is 51.6 Å². The average Bonchev–Trinajstić information content (AvgIpc) is 2.57. The van der Waals surface area contributed by atoms with Crippen molar-refractivity contribution in [3.8, 4) is 0 Å². The van der Waals surface area contributed by atoms with Crippen LogP contribution < -0.4 is 5.73 Å². The lowest BCUT2D eigenvalue weighted by atomic mass is 9.92. The molecule has 2 N–H and O–H groups in total.